The molecule has 2 nitrogen and oxygen atoms in total. The van der Waals surface area contributed by atoms with Crippen LogP contribution in [0.1, 0.15) is 0 Å². The fourth-order valence-corrected chi connectivity index (χ4v) is 7.63. The zero-order valence-corrected chi connectivity index (χ0v) is 24.4. The van der Waals surface area contributed by atoms with E-state index in [1.54, 1.807) is 0 Å². The second-order valence-electron chi connectivity index (χ2n) is 12.1. The Labute approximate surface area is 261 Å². The van der Waals surface area contributed by atoms with E-state index >= 15 is 0 Å². The van der Waals surface area contributed by atoms with Crippen LogP contribution in [-0.4, -0.2) is 11.3 Å². The third-order valence-electron chi connectivity index (χ3n) is 9.64. The van der Waals surface area contributed by atoms with E-state index in [4.69, 9.17) is 4.74 Å². The van der Waals surface area contributed by atoms with Gasteiger partial charge in [0.2, 0.25) is 0 Å². The predicted octanol–water partition coefficient (Wildman–Crippen LogP) is 8.72. The van der Waals surface area contributed by atoms with E-state index in [-0.39, 0.29) is 6.71 Å². The highest BCUT2D eigenvalue weighted by atomic mass is 16.5. The van der Waals surface area contributed by atoms with Crippen molar-refractivity contribution in [3.05, 3.63) is 158 Å². The molecule has 0 bridgehead atoms. The summed E-state index contributed by atoms with van der Waals surface area (Å²) in [4.78, 5) is 0. The average molecular weight is 571 g/mol. The summed E-state index contributed by atoms with van der Waals surface area (Å²) >= 11 is 0. The first kappa shape index (κ1) is 24.6. The number of rotatable bonds is 3. The molecule has 1 aromatic heterocycles. The average Bonchev–Trinajstić information content (AvgIpc) is 3.45. The van der Waals surface area contributed by atoms with Gasteiger partial charge in [-0.3, -0.25) is 0 Å². The Morgan fingerprint density at radius 3 is 1.76 bits per heavy atom. The summed E-state index contributed by atoms with van der Waals surface area (Å²) in [5, 5.41) is 2.55. The number of ether oxygens (including phenoxy) is 1. The molecule has 0 fully saturated rings. The van der Waals surface area contributed by atoms with Gasteiger partial charge in [-0.2, -0.15) is 0 Å². The van der Waals surface area contributed by atoms with Crippen LogP contribution in [0.2, 0.25) is 0 Å². The van der Waals surface area contributed by atoms with Gasteiger partial charge in [-0.05, 0) is 86.2 Å². The Bertz CT molecular complexity index is 2450. The fraction of sp³-hybridized carbons (Fsp3) is 0. The van der Waals surface area contributed by atoms with Crippen molar-refractivity contribution in [2.24, 2.45) is 0 Å². The number of benzene rings is 7. The minimum absolute atomic E-state index is 0.0568. The van der Waals surface area contributed by atoms with Crippen LogP contribution in [0, 0.1) is 0 Å². The van der Waals surface area contributed by atoms with Crippen LogP contribution < -0.4 is 21.1 Å². The van der Waals surface area contributed by atoms with Crippen LogP contribution in [0.4, 0.5) is 0 Å². The first-order valence-corrected chi connectivity index (χ1v) is 15.6. The first-order chi connectivity index (χ1) is 22.3. The standard InChI is InChI=1S/C42H26BNO/c1-4-11-27(12-5-1)30-20-22-37-33(23-30)34-24-32(29-15-8-3-9-16-29)25-36-42(34)44(37)38-17-10-18-39-41(38)43(36)35-21-19-31(26-40(35)45-39)28-13-6-2-7-14-28/h1-26H. The highest BCUT2D eigenvalue weighted by Gasteiger charge is 2.40. The molecule has 0 radical (unpaired) electrons. The Morgan fingerprint density at radius 2 is 1.04 bits per heavy atom. The molecule has 10 rings (SSSR count). The van der Waals surface area contributed by atoms with E-state index in [9.17, 15) is 0 Å². The Morgan fingerprint density at radius 1 is 0.422 bits per heavy atom. The molecule has 0 saturated heterocycles. The number of aromatic nitrogens is 1. The van der Waals surface area contributed by atoms with E-state index in [0.29, 0.717) is 0 Å². The van der Waals surface area contributed by atoms with Gasteiger partial charge in [0, 0.05) is 22.0 Å². The molecule has 0 atom stereocenters. The number of fused-ring (bicyclic) bond motifs is 7. The summed E-state index contributed by atoms with van der Waals surface area (Å²) in [6.45, 7) is 0.0568. The minimum atomic E-state index is 0.0568. The van der Waals surface area contributed by atoms with Crippen LogP contribution in [0.3, 0.4) is 0 Å². The lowest BCUT2D eigenvalue weighted by molar-refractivity contribution is 0.487. The monoisotopic (exact) mass is 571 g/mol. The first-order valence-electron chi connectivity index (χ1n) is 15.6. The topological polar surface area (TPSA) is 14.2 Å². The zero-order valence-electron chi connectivity index (χ0n) is 24.4. The fourth-order valence-electron chi connectivity index (χ4n) is 7.63. The molecule has 45 heavy (non-hydrogen) atoms. The summed E-state index contributed by atoms with van der Waals surface area (Å²) < 4.78 is 9.24. The van der Waals surface area contributed by atoms with E-state index in [2.05, 4.69) is 162 Å². The van der Waals surface area contributed by atoms with Crippen LogP contribution in [0.15, 0.2) is 158 Å². The van der Waals surface area contributed by atoms with Gasteiger partial charge in [0.1, 0.15) is 11.5 Å². The van der Waals surface area contributed by atoms with Crippen molar-refractivity contribution in [1.29, 1.82) is 0 Å². The summed E-state index contributed by atoms with van der Waals surface area (Å²) in [5.41, 5.74) is 14.7. The van der Waals surface area contributed by atoms with Crippen molar-refractivity contribution >= 4 is 44.9 Å². The van der Waals surface area contributed by atoms with Crippen LogP contribution >= 0.6 is 0 Å². The van der Waals surface area contributed by atoms with E-state index in [0.717, 1.165) is 17.1 Å². The van der Waals surface area contributed by atoms with Gasteiger partial charge >= 0.3 is 0 Å². The summed E-state index contributed by atoms with van der Waals surface area (Å²) in [7, 11) is 0. The molecule has 7 aromatic carbocycles. The highest BCUT2D eigenvalue weighted by molar-refractivity contribution is 6.99. The van der Waals surface area contributed by atoms with Gasteiger partial charge in [0.15, 0.2) is 0 Å². The van der Waals surface area contributed by atoms with E-state index in [1.807, 2.05) is 0 Å². The quantitative estimate of drug-likeness (QED) is 0.194. The molecule has 2 aliphatic heterocycles. The lowest BCUT2D eigenvalue weighted by Crippen LogP contribution is -2.58. The third kappa shape index (κ3) is 3.58. The zero-order chi connectivity index (χ0) is 29.5. The van der Waals surface area contributed by atoms with Gasteiger partial charge < -0.3 is 9.30 Å². The molecule has 3 heteroatoms. The second kappa shape index (κ2) is 9.35. The minimum Gasteiger partial charge on any atom is -0.458 e. The van der Waals surface area contributed by atoms with E-state index < -0.39 is 0 Å². The Balaban J connectivity index is 1.30. The maximum Gasteiger partial charge on any atom is 0.256 e. The van der Waals surface area contributed by atoms with Crippen molar-refractivity contribution in [2.45, 2.75) is 0 Å². The molecule has 3 heterocycles. The molecular weight excluding hydrogens is 545 g/mol. The molecule has 0 amide bonds. The second-order valence-corrected chi connectivity index (χ2v) is 12.1. The molecule has 0 aliphatic carbocycles. The van der Waals surface area contributed by atoms with Crippen molar-refractivity contribution in [3.8, 4) is 50.6 Å². The number of hydrogen-bond donors (Lipinski definition) is 0. The summed E-state index contributed by atoms with van der Waals surface area (Å²) in [6, 6.07) is 57.1. The normalized spacial score (nSPS) is 12.6. The molecule has 8 aromatic rings. The largest absolute Gasteiger partial charge is 0.458 e. The molecule has 0 N–H and O–H groups in total. The van der Waals surface area contributed by atoms with Gasteiger partial charge in [-0.25, -0.2) is 0 Å². The van der Waals surface area contributed by atoms with Crippen molar-refractivity contribution in [3.63, 3.8) is 0 Å². The van der Waals surface area contributed by atoms with Crippen LogP contribution in [0.5, 0.6) is 11.5 Å². The summed E-state index contributed by atoms with van der Waals surface area (Å²) in [5.74, 6) is 1.86. The molecular formula is C42H26BNO. The maximum atomic E-state index is 6.76. The number of nitrogens with zero attached hydrogens (tertiary/aromatic N) is 1. The molecule has 208 valence electrons. The lowest BCUT2D eigenvalue weighted by atomic mass is 9.34. The highest BCUT2D eigenvalue weighted by Crippen LogP contribution is 2.40. The third-order valence-corrected chi connectivity index (χ3v) is 9.64. The van der Waals surface area contributed by atoms with Crippen molar-refractivity contribution in [2.75, 3.05) is 0 Å². The molecule has 0 unspecified atom stereocenters. The lowest BCUT2D eigenvalue weighted by Gasteiger charge is -2.33. The summed E-state index contributed by atoms with van der Waals surface area (Å²) in [6.07, 6.45) is 0. The van der Waals surface area contributed by atoms with Gasteiger partial charge in [-0.1, -0.05) is 121 Å². The Kier molecular flexibility index (Phi) is 5.12. The van der Waals surface area contributed by atoms with Crippen molar-refractivity contribution < 1.29 is 4.74 Å². The van der Waals surface area contributed by atoms with Gasteiger partial charge in [0.25, 0.3) is 6.71 Å². The van der Waals surface area contributed by atoms with Crippen LogP contribution in [-0.2, 0) is 0 Å². The molecule has 0 spiro atoms. The van der Waals surface area contributed by atoms with Crippen LogP contribution in [0.25, 0.3) is 60.9 Å². The van der Waals surface area contributed by atoms with Gasteiger partial charge in [-0.15, -0.1) is 0 Å². The molecule has 0 saturated carbocycles. The predicted molar refractivity (Wildman–Crippen MR) is 188 cm³/mol. The van der Waals surface area contributed by atoms with Gasteiger partial charge in [0.05, 0.1) is 5.52 Å². The van der Waals surface area contributed by atoms with E-state index in [1.165, 1.54) is 71.7 Å². The number of hydrogen-bond acceptors (Lipinski definition) is 1. The Hall–Kier alpha value is -5.80. The maximum absolute atomic E-state index is 6.76. The SMILES string of the molecule is c1ccc(-c2ccc3c(c2)Oc2cccc4c2B3c2cc(-c3ccccc3)cc3c5cc(-c6ccccc6)ccc5n-4c23)cc1. The smallest absolute Gasteiger partial charge is 0.256 e. The molecule has 2 aliphatic rings. The van der Waals surface area contributed by atoms with Crippen molar-refractivity contribution in [1.82, 2.24) is 4.57 Å².